The van der Waals surface area contributed by atoms with Crippen molar-refractivity contribution in [2.24, 2.45) is 0 Å². The van der Waals surface area contributed by atoms with Gasteiger partial charge in [-0.05, 0) is 36.6 Å². The summed E-state index contributed by atoms with van der Waals surface area (Å²) in [4.78, 5) is 16.1. The molecule has 4 nitrogen and oxygen atoms in total. The second kappa shape index (κ2) is 6.69. The Balaban J connectivity index is 1.69. The number of carbonyl (C=O) groups is 1. The molecule has 0 radical (unpaired) electrons. The van der Waals surface area contributed by atoms with E-state index in [4.69, 9.17) is 0 Å². The van der Waals surface area contributed by atoms with E-state index in [9.17, 15) is 23.1 Å². The van der Waals surface area contributed by atoms with Crippen LogP contribution in [0.15, 0.2) is 48.7 Å². The van der Waals surface area contributed by atoms with Crippen molar-refractivity contribution in [2.45, 2.75) is 18.7 Å². The summed E-state index contributed by atoms with van der Waals surface area (Å²) >= 11 is 1.42. The average molecular weight is 380 g/mol. The quantitative estimate of drug-likeness (QED) is 0.720. The van der Waals surface area contributed by atoms with Crippen LogP contribution in [0.25, 0.3) is 10.1 Å². The zero-order chi connectivity index (χ0) is 18.9. The van der Waals surface area contributed by atoms with Gasteiger partial charge in [0.15, 0.2) is 0 Å². The maximum absolute atomic E-state index is 12.5. The zero-order valence-electron chi connectivity index (χ0n) is 13.7. The number of benzene rings is 1. The third kappa shape index (κ3) is 3.86. The minimum absolute atomic E-state index is 0.00913. The molecule has 0 fully saturated rings. The molecule has 0 bridgehead atoms. The van der Waals surface area contributed by atoms with Crippen LogP contribution < -0.4 is 5.32 Å². The molecule has 1 aromatic carbocycles. The Hall–Kier alpha value is -2.45. The molecule has 0 aliphatic carbocycles. The first-order valence-electron chi connectivity index (χ1n) is 7.70. The minimum Gasteiger partial charge on any atom is -0.383 e. The molecule has 136 valence electrons. The second-order valence-electron chi connectivity index (χ2n) is 6.03. The molecule has 0 aliphatic rings. The number of nitrogens with zero attached hydrogens (tertiary/aromatic N) is 1. The van der Waals surface area contributed by atoms with Crippen LogP contribution in [0.2, 0.25) is 0 Å². The molecule has 1 atom stereocenters. The normalized spacial score (nSPS) is 14.2. The summed E-state index contributed by atoms with van der Waals surface area (Å²) in [6.07, 6.45) is -3.69. The molecule has 0 aliphatic heterocycles. The van der Waals surface area contributed by atoms with Gasteiger partial charge in [-0.3, -0.25) is 9.78 Å². The number of halogens is 3. The first-order chi connectivity index (χ1) is 12.2. The number of carbonyl (C=O) groups excluding carboxylic acids is 1. The fraction of sp³-hybridized carbons (Fsp3) is 0.222. The molecule has 3 aromatic rings. The Kier molecular flexibility index (Phi) is 4.72. The Morgan fingerprint density at radius 2 is 1.96 bits per heavy atom. The molecule has 2 heterocycles. The monoisotopic (exact) mass is 380 g/mol. The van der Waals surface area contributed by atoms with E-state index in [1.54, 1.807) is 6.92 Å². The van der Waals surface area contributed by atoms with Gasteiger partial charge in [-0.1, -0.05) is 18.2 Å². The van der Waals surface area contributed by atoms with Crippen molar-refractivity contribution in [3.63, 3.8) is 0 Å². The summed E-state index contributed by atoms with van der Waals surface area (Å²) in [6.45, 7) is 1.49. The smallest absolute Gasteiger partial charge is 0.383 e. The highest BCUT2D eigenvalue weighted by molar-refractivity contribution is 7.19. The second-order valence-corrected chi connectivity index (χ2v) is 7.12. The van der Waals surface area contributed by atoms with E-state index in [0.717, 1.165) is 28.4 Å². The molecule has 0 unspecified atom stereocenters. The lowest BCUT2D eigenvalue weighted by atomic mass is 10.0. The molecule has 0 spiro atoms. The van der Waals surface area contributed by atoms with Gasteiger partial charge in [0, 0.05) is 15.8 Å². The SMILES string of the molecule is C[C@@](O)(CNC(=O)c1ccc(C(F)(F)F)nc1)c1cc2ccccc2s1. The predicted molar refractivity (Wildman–Crippen MR) is 93.0 cm³/mol. The van der Waals surface area contributed by atoms with Crippen molar-refractivity contribution in [1.82, 2.24) is 10.3 Å². The Morgan fingerprint density at radius 1 is 1.23 bits per heavy atom. The molecular formula is C18H15F3N2O2S. The van der Waals surface area contributed by atoms with Gasteiger partial charge in [0.05, 0.1) is 12.1 Å². The molecule has 1 amide bonds. The summed E-state index contributed by atoms with van der Waals surface area (Å²) in [5.41, 5.74) is -2.38. The Morgan fingerprint density at radius 3 is 2.58 bits per heavy atom. The van der Waals surface area contributed by atoms with Gasteiger partial charge in [0.25, 0.3) is 5.91 Å². The summed E-state index contributed by atoms with van der Waals surface area (Å²) in [6, 6.07) is 11.3. The van der Waals surface area contributed by atoms with Crippen molar-refractivity contribution in [3.05, 3.63) is 64.8 Å². The lowest BCUT2D eigenvalue weighted by Gasteiger charge is -2.22. The van der Waals surface area contributed by atoms with Gasteiger partial charge in [-0.2, -0.15) is 13.2 Å². The topological polar surface area (TPSA) is 62.2 Å². The Bertz CT molecular complexity index is 901. The average Bonchev–Trinajstić information content (AvgIpc) is 3.04. The van der Waals surface area contributed by atoms with Crippen LogP contribution in [0, 0.1) is 0 Å². The first kappa shape index (κ1) is 18.3. The molecule has 0 saturated carbocycles. The first-order valence-corrected chi connectivity index (χ1v) is 8.51. The van der Waals surface area contributed by atoms with E-state index in [1.807, 2.05) is 30.3 Å². The van der Waals surface area contributed by atoms with E-state index in [2.05, 4.69) is 10.3 Å². The highest BCUT2D eigenvalue weighted by Gasteiger charge is 2.32. The molecule has 0 saturated heterocycles. The number of alkyl halides is 3. The number of fused-ring (bicyclic) bond motifs is 1. The third-order valence-corrected chi connectivity index (χ3v) is 5.23. The van der Waals surface area contributed by atoms with Crippen molar-refractivity contribution in [1.29, 1.82) is 0 Å². The van der Waals surface area contributed by atoms with E-state index < -0.39 is 23.4 Å². The zero-order valence-corrected chi connectivity index (χ0v) is 14.5. The molecule has 3 rings (SSSR count). The van der Waals surface area contributed by atoms with Crippen molar-refractivity contribution >= 4 is 27.3 Å². The van der Waals surface area contributed by atoms with Gasteiger partial charge < -0.3 is 10.4 Å². The Labute approximate surface area is 151 Å². The highest BCUT2D eigenvalue weighted by atomic mass is 32.1. The van der Waals surface area contributed by atoms with Gasteiger partial charge in [0.1, 0.15) is 11.3 Å². The van der Waals surface area contributed by atoms with Crippen LogP contribution >= 0.6 is 11.3 Å². The fourth-order valence-electron chi connectivity index (χ4n) is 2.38. The minimum atomic E-state index is -4.56. The summed E-state index contributed by atoms with van der Waals surface area (Å²) in [5, 5.41) is 14.2. The number of rotatable bonds is 4. The number of pyridine rings is 1. The number of aliphatic hydroxyl groups is 1. The maximum atomic E-state index is 12.5. The van der Waals surface area contributed by atoms with Crippen LogP contribution in [0.5, 0.6) is 0 Å². The molecular weight excluding hydrogens is 365 g/mol. The lowest BCUT2D eigenvalue weighted by molar-refractivity contribution is -0.141. The highest BCUT2D eigenvalue weighted by Crippen LogP contribution is 2.33. The number of aromatic nitrogens is 1. The number of nitrogens with one attached hydrogen (secondary N) is 1. The van der Waals surface area contributed by atoms with Crippen LogP contribution in [0.4, 0.5) is 13.2 Å². The van der Waals surface area contributed by atoms with E-state index in [1.165, 1.54) is 11.3 Å². The van der Waals surface area contributed by atoms with Crippen molar-refractivity contribution in [3.8, 4) is 0 Å². The standard InChI is InChI=1S/C18H15F3N2O2S/c1-17(25,15-8-11-4-2-3-5-13(11)26-15)10-23-16(24)12-6-7-14(22-9-12)18(19,20)21/h2-9,25H,10H2,1H3,(H,23,24)/t17-/m1/s1. The predicted octanol–water partition coefficient (Wildman–Crippen LogP) is 3.95. The molecule has 8 heteroatoms. The van der Waals surface area contributed by atoms with Gasteiger partial charge >= 0.3 is 6.18 Å². The van der Waals surface area contributed by atoms with Crippen LogP contribution in [0.3, 0.4) is 0 Å². The summed E-state index contributed by atoms with van der Waals surface area (Å²) in [5.74, 6) is -0.604. The number of amides is 1. The number of hydrogen-bond acceptors (Lipinski definition) is 4. The van der Waals surface area contributed by atoms with E-state index >= 15 is 0 Å². The van der Waals surface area contributed by atoms with Crippen LogP contribution in [0.1, 0.15) is 27.9 Å². The van der Waals surface area contributed by atoms with E-state index in [-0.39, 0.29) is 12.1 Å². The fourth-order valence-corrected chi connectivity index (χ4v) is 3.49. The number of hydrogen-bond donors (Lipinski definition) is 2. The van der Waals surface area contributed by atoms with Gasteiger partial charge in [-0.15, -0.1) is 11.3 Å². The molecule has 2 N–H and O–H groups in total. The largest absolute Gasteiger partial charge is 0.433 e. The maximum Gasteiger partial charge on any atom is 0.433 e. The van der Waals surface area contributed by atoms with Gasteiger partial charge in [-0.25, -0.2) is 0 Å². The van der Waals surface area contributed by atoms with Gasteiger partial charge in [0.2, 0.25) is 0 Å². The summed E-state index contributed by atoms with van der Waals surface area (Å²) < 4.78 is 38.5. The van der Waals surface area contributed by atoms with Crippen LogP contribution in [-0.4, -0.2) is 22.5 Å². The number of thiophene rings is 1. The van der Waals surface area contributed by atoms with Crippen molar-refractivity contribution in [2.75, 3.05) is 6.54 Å². The third-order valence-electron chi connectivity index (χ3n) is 3.87. The van der Waals surface area contributed by atoms with E-state index in [0.29, 0.717) is 4.88 Å². The van der Waals surface area contributed by atoms with Crippen LogP contribution in [-0.2, 0) is 11.8 Å². The summed E-state index contributed by atoms with van der Waals surface area (Å²) in [7, 11) is 0. The molecule has 2 aromatic heterocycles. The lowest BCUT2D eigenvalue weighted by Crippen LogP contribution is -2.38. The van der Waals surface area contributed by atoms with Crippen molar-refractivity contribution < 1.29 is 23.1 Å². The molecule has 26 heavy (non-hydrogen) atoms.